The highest BCUT2D eigenvalue weighted by molar-refractivity contribution is 5.94. The fourth-order valence-electron chi connectivity index (χ4n) is 5.03. The van der Waals surface area contributed by atoms with E-state index in [0.717, 1.165) is 11.1 Å². The number of nitrogens with zero attached hydrogens (tertiary/aromatic N) is 5. The highest BCUT2D eigenvalue weighted by Crippen LogP contribution is 2.27. The van der Waals surface area contributed by atoms with Gasteiger partial charge in [0.25, 0.3) is 5.56 Å². The molecule has 10 nitrogen and oxygen atoms in total. The van der Waals surface area contributed by atoms with Gasteiger partial charge in [0, 0.05) is 37.7 Å². The Morgan fingerprint density at radius 3 is 2.37 bits per heavy atom. The van der Waals surface area contributed by atoms with Crippen LogP contribution in [0.4, 0.5) is 0 Å². The normalized spacial score (nSPS) is 15.1. The first-order chi connectivity index (χ1) is 18.2. The number of amides is 2. The third-order valence-electron chi connectivity index (χ3n) is 7.24. The molecule has 3 heterocycles. The van der Waals surface area contributed by atoms with Crippen LogP contribution in [0.25, 0.3) is 22.3 Å². The summed E-state index contributed by atoms with van der Waals surface area (Å²) in [5.41, 5.74) is 7.38. The Hall–Kier alpha value is -4.31. The van der Waals surface area contributed by atoms with E-state index in [4.69, 9.17) is 5.73 Å². The molecule has 4 aromatic rings. The molecule has 0 atom stereocenters. The van der Waals surface area contributed by atoms with E-state index in [1.165, 1.54) is 10.9 Å². The Balaban J connectivity index is 1.28. The molecule has 2 aromatic heterocycles. The minimum absolute atomic E-state index is 0.0695. The molecule has 196 valence electrons. The van der Waals surface area contributed by atoms with E-state index in [1.54, 1.807) is 40.9 Å². The van der Waals surface area contributed by atoms with E-state index in [9.17, 15) is 19.5 Å². The molecular weight excluding hydrogens is 484 g/mol. The smallest absolute Gasteiger partial charge is 0.281 e. The third-order valence-corrected chi connectivity index (χ3v) is 7.24. The number of hydrogen-bond donors (Lipinski definition) is 2. The second-order valence-electron chi connectivity index (χ2n) is 9.88. The van der Waals surface area contributed by atoms with Gasteiger partial charge in [0.15, 0.2) is 5.52 Å². The molecule has 0 radical (unpaired) electrons. The minimum atomic E-state index is -1.13. The molecule has 5 rings (SSSR count). The minimum Gasteiger partial charge on any atom is -0.388 e. The number of benzene rings is 2. The van der Waals surface area contributed by atoms with Gasteiger partial charge in [-0.1, -0.05) is 42.5 Å². The van der Waals surface area contributed by atoms with Gasteiger partial charge in [0.05, 0.1) is 24.2 Å². The van der Waals surface area contributed by atoms with E-state index in [1.807, 2.05) is 30.3 Å². The molecule has 0 unspecified atom stereocenters. The van der Waals surface area contributed by atoms with Crippen LogP contribution in [-0.4, -0.2) is 59.8 Å². The highest BCUT2D eigenvalue weighted by atomic mass is 16.3. The summed E-state index contributed by atoms with van der Waals surface area (Å²) in [7, 11) is 1.72. The van der Waals surface area contributed by atoms with Gasteiger partial charge in [-0.05, 0) is 37.0 Å². The van der Waals surface area contributed by atoms with Crippen LogP contribution >= 0.6 is 0 Å². The number of aromatic nitrogens is 4. The fourth-order valence-corrected chi connectivity index (χ4v) is 5.03. The SMILES string of the molecule is Cn1nc2c(=O)n(CC3(O)CCN(C(=O)CCc4ccccc4)CC3)cnc2c1-c1ccc(C(N)=O)cc1. The summed E-state index contributed by atoms with van der Waals surface area (Å²) in [5, 5.41) is 15.6. The summed E-state index contributed by atoms with van der Waals surface area (Å²) in [5.74, 6) is -0.450. The molecule has 1 saturated heterocycles. The third kappa shape index (κ3) is 5.08. The maximum Gasteiger partial charge on any atom is 0.281 e. The number of aliphatic hydroxyl groups is 1. The van der Waals surface area contributed by atoms with Gasteiger partial charge in [-0.3, -0.25) is 23.6 Å². The Bertz CT molecular complexity index is 1530. The molecule has 2 aromatic carbocycles. The quantitative estimate of drug-likeness (QED) is 0.387. The number of nitrogens with two attached hydrogens (primary N) is 1. The molecule has 0 aliphatic carbocycles. The monoisotopic (exact) mass is 514 g/mol. The van der Waals surface area contributed by atoms with Crippen molar-refractivity contribution in [1.82, 2.24) is 24.2 Å². The van der Waals surface area contributed by atoms with Crippen molar-refractivity contribution >= 4 is 22.8 Å². The van der Waals surface area contributed by atoms with E-state index in [2.05, 4.69) is 10.1 Å². The predicted octanol–water partition coefficient (Wildman–Crippen LogP) is 1.88. The first kappa shape index (κ1) is 25.3. The Morgan fingerprint density at radius 1 is 1.03 bits per heavy atom. The summed E-state index contributed by atoms with van der Waals surface area (Å²) in [6, 6.07) is 16.6. The number of hydrogen-bond acceptors (Lipinski definition) is 6. The van der Waals surface area contributed by atoms with Gasteiger partial charge < -0.3 is 15.7 Å². The maximum absolute atomic E-state index is 13.3. The fraction of sp³-hybridized carbons (Fsp3) is 0.321. The van der Waals surface area contributed by atoms with E-state index >= 15 is 0 Å². The van der Waals surface area contributed by atoms with Crippen molar-refractivity contribution < 1.29 is 14.7 Å². The van der Waals surface area contributed by atoms with Crippen LogP contribution in [0.2, 0.25) is 0 Å². The van der Waals surface area contributed by atoms with Crippen molar-refractivity contribution in [3.8, 4) is 11.3 Å². The van der Waals surface area contributed by atoms with Crippen molar-refractivity contribution in [2.45, 2.75) is 37.8 Å². The summed E-state index contributed by atoms with van der Waals surface area (Å²) in [6.45, 7) is 0.938. The van der Waals surface area contributed by atoms with Crippen molar-refractivity contribution in [2.75, 3.05) is 13.1 Å². The number of aryl methyl sites for hydroxylation is 2. The maximum atomic E-state index is 13.3. The average Bonchev–Trinajstić information content (AvgIpc) is 3.26. The number of fused-ring (bicyclic) bond motifs is 1. The van der Waals surface area contributed by atoms with Gasteiger partial charge in [-0.2, -0.15) is 5.10 Å². The van der Waals surface area contributed by atoms with Crippen molar-refractivity contribution in [2.24, 2.45) is 12.8 Å². The van der Waals surface area contributed by atoms with Gasteiger partial charge in [-0.25, -0.2) is 4.98 Å². The van der Waals surface area contributed by atoms with Crippen LogP contribution in [0.5, 0.6) is 0 Å². The van der Waals surface area contributed by atoms with Crippen molar-refractivity contribution in [3.63, 3.8) is 0 Å². The number of likely N-dealkylation sites (tertiary alicyclic amines) is 1. The van der Waals surface area contributed by atoms with E-state index < -0.39 is 11.5 Å². The number of carbonyl (C=O) groups excluding carboxylic acids is 2. The van der Waals surface area contributed by atoms with Crippen LogP contribution in [0.15, 0.2) is 65.7 Å². The molecule has 0 saturated carbocycles. The van der Waals surface area contributed by atoms with Gasteiger partial charge in [0.2, 0.25) is 11.8 Å². The second-order valence-corrected chi connectivity index (χ2v) is 9.88. The number of primary amides is 1. The van der Waals surface area contributed by atoms with Gasteiger partial charge >= 0.3 is 0 Å². The highest BCUT2D eigenvalue weighted by Gasteiger charge is 2.35. The summed E-state index contributed by atoms with van der Waals surface area (Å²) < 4.78 is 2.97. The molecule has 0 bridgehead atoms. The average molecular weight is 515 g/mol. The summed E-state index contributed by atoms with van der Waals surface area (Å²) >= 11 is 0. The first-order valence-electron chi connectivity index (χ1n) is 12.6. The van der Waals surface area contributed by atoms with E-state index in [-0.39, 0.29) is 23.5 Å². The van der Waals surface area contributed by atoms with E-state index in [0.29, 0.717) is 55.5 Å². The van der Waals surface area contributed by atoms with Crippen molar-refractivity contribution in [3.05, 3.63) is 82.4 Å². The summed E-state index contributed by atoms with van der Waals surface area (Å²) in [6.07, 6.45) is 3.28. The lowest BCUT2D eigenvalue weighted by Gasteiger charge is -2.38. The van der Waals surface area contributed by atoms with Gasteiger partial charge in [0.1, 0.15) is 5.52 Å². The largest absolute Gasteiger partial charge is 0.388 e. The molecule has 1 aliphatic heterocycles. The molecule has 1 fully saturated rings. The summed E-state index contributed by atoms with van der Waals surface area (Å²) in [4.78, 5) is 43.7. The van der Waals surface area contributed by atoms with Crippen LogP contribution < -0.4 is 11.3 Å². The van der Waals surface area contributed by atoms with Crippen LogP contribution in [0.3, 0.4) is 0 Å². The lowest BCUT2D eigenvalue weighted by molar-refractivity contribution is -0.135. The Morgan fingerprint density at radius 2 is 1.71 bits per heavy atom. The van der Waals surface area contributed by atoms with Crippen LogP contribution in [-0.2, 0) is 24.8 Å². The van der Waals surface area contributed by atoms with Gasteiger partial charge in [-0.15, -0.1) is 0 Å². The molecular formula is C28H30N6O4. The predicted molar refractivity (Wildman–Crippen MR) is 142 cm³/mol. The van der Waals surface area contributed by atoms with Crippen LogP contribution in [0.1, 0.15) is 35.2 Å². The molecule has 1 aliphatic rings. The molecule has 10 heteroatoms. The molecule has 38 heavy (non-hydrogen) atoms. The Labute approximate surface area is 219 Å². The molecule has 0 spiro atoms. The number of piperidine rings is 1. The van der Waals surface area contributed by atoms with Crippen molar-refractivity contribution in [1.29, 1.82) is 0 Å². The molecule has 2 amide bonds. The lowest BCUT2D eigenvalue weighted by Crippen LogP contribution is -2.49. The number of carbonyl (C=O) groups is 2. The van der Waals surface area contributed by atoms with Crippen LogP contribution in [0, 0.1) is 0 Å². The number of rotatable bonds is 7. The zero-order chi connectivity index (χ0) is 26.9. The zero-order valence-corrected chi connectivity index (χ0v) is 21.2. The standard InChI is InChI=1S/C28H30N6O4/c1-32-25(20-8-10-21(11-9-20)26(29)36)23-24(31-32)27(37)34(18-30-23)17-28(38)13-15-33(16-14-28)22(35)12-7-19-5-3-2-4-6-19/h2-6,8-11,18,38H,7,12-17H2,1H3,(H2,29,36). The lowest BCUT2D eigenvalue weighted by atomic mass is 9.91. The zero-order valence-electron chi connectivity index (χ0n) is 21.2. The Kier molecular flexibility index (Phi) is 6.81. The second kappa shape index (κ2) is 10.2. The topological polar surface area (TPSA) is 136 Å². The first-order valence-corrected chi connectivity index (χ1v) is 12.6. The molecule has 3 N–H and O–H groups in total.